The Balaban J connectivity index is 0.000000143. The first-order valence-electron chi connectivity index (χ1n) is 49.1. The number of rotatable bonds is 16. The van der Waals surface area contributed by atoms with Crippen LogP contribution < -0.4 is 9.80 Å². The van der Waals surface area contributed by atoms with E-state index >= 15 is 0 Å². The molecule has 0 bridgehead atoms. The number of aromatic nitrogens is 6. The molecule has 144 heavy (non-hydrogen) atoms. The van der Waals surface area contributed by atoms with Gasteiger partial charge in [-0.05, 0) is 315 Å². The molecule has 22 aromatic carbocycles. The van der Waals surface area contributed by atoms with E-state index in [0.29, 0.717) is 0 Å². The number of para-hydroxylation sites is 6. The highest BCUT2D eigenvalue weighted by Gasteiger charge is 2.28. The zero-order valence-corrected chi connectivity index (χ0v) is 78.4. The third-order valence-electron chi connectivity index (χ3n) is 28.9. The van der Waals surface area contributed by atoms with Gasteiger partial charge in [0.2, 0.25) is 0 Å². The van der Waals surface area contributed by atoms with Gasteiger partial charge in [0.1, 0.15) is 0 Å². The summed E-state index contributed by atoms with van der Waals surface area (Å²) >= 11 is 0. The molecule has 8 nitrogen and oxygen atoms in total. The minimum Gasteiger partial charge on any atom is -0.310 e. The molecule has 6 aromatic heterocycles. The monoisotopic (exact) mass is 1830 g/mol. The first kappa shape index (κ1) is 84.0. The predicted octanol–water partition coefficient (Wildman–Crippen LogP) is 36.6. The van der Waals surface area contributed by atoms with E-state index in [1.165, 1.54) is 131 Å². The van der Waals surface area contributed by atoms with E-state index in [1.54, 1.807) is 0 Å². The van der Waals surface area contributed by atoms with Gasteiger partial charge in [-0.1, -0.05) is 322 Å². The van der Waals surface area contributed by atoms with Crippen molar-refractivity contribution in [3.05, 3.63) is 534 Å². The Morgan fingerprint density at radius 2 is 0.431 bits per heavy atom. The highest BCUT2D eigenvalue weighted by atomic mass is 15.2. The number of nitrogens with zero attached hydrogens (tertiary/aromatic N) is 8. The lowest BCUT2D eigenvalue weighted by molar-refractivity contribution is 1.18. The first-order valence-corrected chi connectivity index (χ1v) is 49.1. The van der Waals surface area contributed by atoms with Crippen molar-refractivity contribution in [1.82, 2.24) is 29.1 Å². The minimum atomic E-state index is 0.994. The van der Waals surface area contributed by atoms with Crippen molar-refractivity contribution in [2.75, 3.05) is 9.80 Å². The molecular formula is C136H88N8. The topological polar surface area (TPSA) is 67.9 Å². The molecule has 672 valence electrons. The summed E-state index contributed by atoms with van der Waals surface area (Å²) in [6.07, 6.45) is 7.41. The van der Waals surface area contributed by atoms with Crippen molar-refractivity contribution in [3.8, 4) is 100 Å². The van der Waals surface area contributed by atoms with Gasteiger partial charge >= 0.3 is 0 Å². The summed E-state index contributed by atoms with van der Waals surface area (Å²) in [6, 6.07) is 186. The molecule has 6 heterocycles. The molecular weight excluding hydrogens is 1750 g/mol. The lowest BCUT2D eigenvalue weighted by Gasteiger charge is -2.29. The fourth-order valence-electron chi connectivity index (χ4n) is 22.2. The maximum atomic E-state index is 4.59. The number of hydrogen-bond donors (Lipinski definition) is 0. The molecule has 0 N–H and O–H groups in total. The normalized spacial score (nSPS) is 11.6. The van der Waals surface area contributed by atoms with Gasteiger partial charge in [-0.15, -0.1) is 0 Å². The zero-order valence-electron chi connectivity index (χ0n) is 78.4. The molecule has 0 saturated heterocycles. The summed E-state index contributed by atoms with van der Waals surface area (Å²) in [5.41, 5.74) is 36.2. The van der Waals surface area contributed by atoms with Gasteiger partial charge in [-0.25, -0.2) is 0 Å². The summed E-state index contributed by atoms with van der Waals surface area (Å²) in [5.74, 6) is 0. The second-order valence-electron chi connectivity index (χ2n) is 37.1. The number of pyridine rings is 4. The van der Waals surface area contributed by atoms with E-state index in [9.17, 15) is 0 Å². The fourth-order valence-corrected chi connectivity index (χ4v) is 22.2. The highest BCUT2D eigenvalue weighted by Crippen LogP contribution is 2.54. The maximum Gasteiger partial charge on any atom is 0.0702 e. The van der Waals surface area contributed by atoms with E-state index in [0.717, 1.165) is 134 Å². The van der Waals surface area contributed by atoms with Gasteiger partial charge in [0.15, 0.2) is 0 Å². The molecule has 0 saturated carbocycles. The largest absolute Gasteiger partial charge is 0.310 e. The molecule has 0 aliphatic heterocycles. The summed E-state index contributed by atoms with van der Waals surface area (Å²) in [7, 11) is 0. The van der Waals surface area contributed by atoms with Crippen LogP contribution in [0.4, 0.5) is 34.1 Å². The first-order chi connectivity index (χ1) is 71.4. The van der Waals surface area contributed by atoms with Gasteiger partial charge < -0.3 is 18.9 Å². The Labute approximate surface area is 832 Å². The summed E-state index contributed by atoms with van der Waals surface area (Å²) in [6.45, 7) is 0. The molecule has 0 atom stereocenters. The number of anilines is 6. The van der Waals surface area contributed by atoms with Crippen molar-refractivity contribution in [3.63, 3.8) is 0 Å². The fraction of sp³-hybridized carbons (Fsp3) is 0. The Morgan fingerprint density at radius 3 is 0.826 bits per heavy atom. The van der Waals surface area contributed by atoms with Crippen molar-refractivity contribution >= 4 is 164 Å². The van der Waals surface area contributed by atoms with Gasteiger partial charge in [-0.2, -0.15) is 0 Å². The molecule has 0 radical (unpaired) electrons. The van der Waals surface area contributed by atoms with E-state index in [-0.39, 0.29) is 0 Å². The zero-order chi connectivity index (χ0) is 95.1. The van der Waals surface area contributed by atoms with Gasteiger partial charge in [0, 0.05) is 113 Å². The molecule has 8 heteroatoms. The van der Waals surface area contributed by atoms with Crippen molar-refractivity contribution < 1.29 is 0 Å². The Morgan fingerprint density at radius 1 is 0.153 bits per heavy atom. The lowest BCUT2D eigenvalue weighted by atomic mass is 9.84. The number of hydrogen-bond acceptors (Lipinski definition) is 6. The van der Waals surface area contributed by atoms with Gasteiger partial charge in [0.05, 0.1) is 49.8 Å². The second kappa shape index (κ2) is 35.6. The molecule has 0 spiro atoms. The summed E-state index contributed by atoms with van der Waals surface area (Å²) in [4.78, 5) is 23.2. The third-order valence-corrected chi connectivity index (χ3v) is 28.9. The summed E-state index contributed by atoms with van der Waals surface area (Å²) < 4.78 is 4.77. The highest BCUT2D eigenvalue weighted by molar-refractivity contribution is 6.27. The van der Waals surface area contributed by atoms with Crippen molar-refractivity contribution in [2.24, 2.45) is 0 Å². The SMILES string of the molecule is c1ccc(N(c2ccc3c(-c4ccc(-c5ccc6ncccc6c5)cc4)c4ccccc4c(-c4ccc(-c5ccc6ncccc6c5)cc4)c3c2)c2ccc3c(c2)c2ccccc2n3-c2ccccc2)cc1.c1ccc(N(c2ccc3c(c2)c2ccccc2n3-c2ccccc2)c2cccc3c(-c4ccc(-c5ccc6ncccc6c5)cc4)c4ccccc4c(-c4ccc(-c5ccc6ncccc6c5)cc4)c23)cc1. The average molecular weight is 1830 g/mol. The number of benzene rings is 22. The second-order valence-corrected chi connectivity index (χ2v) is 37.1. The minimum absolute atomic E-state index is 0.994. The molecule has 0 fully saturated rings. The summed E-state index contributed by atoms with van der Waals surface area (Å²) in [5, 5.41) is 18.9. The standard InChI is InChI=1S/2C68H44N4/c1-3-16-53(17-4-1)71(55-36-39-64-60(44-55)56-20-9-10-24-63(56)72(64)54-18-5-2-6-19-54)65-25-11-23-59-66(47-30-26-45(27-31-47)49-34-37-61-51(42-49)14-12-40-69-61)57-21-7-8-22-58(57)67(68(59)65)48-32-28-46(29-33-48)50-35-38-62-52(43-50)15-13-41-70-62;1-3-15-53(16-4-1)71(56-34-38-66-61(43-56)57-19-9-10-22-65(57)72(66)54-17-5-2-6-18-54)55-33-35-60-62(44-55)68(48-29-25-46(26-30-48)50-32-37-64-52(42-50)14-12-40-70-64)59-21-8-7-20-58(59)67(60)47-27-23-45(24-28-47)49-31-36-63-51(41-49)13-11-39-69-63/h2*1-44H. The van der Waals surface area contributed by atoms with E-state index in [2.05, 4.69) is 524 Å². The van der Waals surface area contributed by atoms with Crippen LogP contribution in [0.1, 0.15) is 0 Å². The van der Waals surface area contributed by atoms with Crippen molar-refractivity contribution in [2.45, 2.75) is 0 Å². The quantitative estimate of drug-likeness (QED) is 0.0898. The van der Waals surface area contributed by atoms with Crippen LogP contribution in [0.25, 0.3) is 231 Å². The van der Waals surface area contributed by atoms with Crippen LogP contribution in [0.2, 0.25) is 0 Å². The Hall–Kier alpha value is -19.3. The maximum absolute atomic E-state index is 4.59. The van der Waals surface area contributed by atoms with Crippen molar-refractivity contribution in [1.29, 1.82) is 0 Å². The van der Waals surface area contributed by atoms with Gasteiger partial charge in [-0.3, -0.25) is 19.9 Å². The molecule has 0 aliphatic carbocycles. The van der Waals surface area contributed by atoms with Crippen LogP contribution in [0.3, 0.4) is 0 Å². The predicted molar refractivity (Wildman–Crippen MR) is 606 cm³/mol. The lowest BCUT2D eigenvalue weighted by Crippen LogP contribution is -2.11. The molecule has 0 aliphatic rings. The Kier molecular flexibility index (Phi) is 20.8. The van der Waals surface area contributed by atoms with Gasteiger partial charge in [0.25, 0.3) is 0 Å². The van der Waals surface area contributed by atoms with Crippen LogP contribution in [0.15, 0.2) is 534 Å². The molecule has 28 aromatic rings. The molecule has 28 rings (SSSR count). The van der Waals surface area contributed by atoms with E-state index < -0.39 is 0 Å². The van der Waals surface area contributed by atoms with E-state index in [4.69, 9.17) is 0 Å². The number of fused-ring (bicyclic) bond motifs is 14. The molecule has 0 unspecified atom stereocenters. The van der Waals surface area contributed by atoms with E-state index in [1.807, 2.05) is 49.1 Å². The molecule has 0 amide bonds. The Bertz CT molecular complexity index is 9730. The van der Waals surface area contributed by atoms with Crippen LogP contribution in [0.5, 0.6) is 0 Å². The van der Waals surface area contributed by atoms with Crippen LogP contribution in [-0.2, 0) is 0 Å². The average Bonchev–Trinajstić information content (AvgIpc) is 1.05. The smallest absolute Gasteiger partial charge is 0.0702 e. The van der Waals surface area contributed by atoms with Crippen LogP contribution >= 0.6 is 0 Å². The van der Waals surface area contributed by atoms with Crippen LogP contribution in [0, 0.1) is 0 Å². The van der Waals surface area contributed by atoms with Crippen LogP contribution in [-0.4, -0.2) is 29.1 Å². The third kappa shape index (κ3) is 14.9.